The van der Waals surface area contributed by atoms with Crippen molar-refractivity contribution in [2.75, 3.05) is 13.1 Å². The monoisotopic (exact) mass is 548 g/mol. The number of rotatable bonds is 5. The molecule has 1 aromatic carbocycles. The van der Waals surface area contributed by atoms with Crippen LogP contribution in [-0.2, 0) is 17.7 Å². The van der Waals surface area contributed by atoms with Gasteiger partial charge in [-0.2, -0.15) is 0 Å². The number of likely N-dealkylation sites (tertiary alicyclic amines) is 1. The van der Waals surface area contributed by atoms with Gasteiger partial charge < -0.3 is 14.2 Å². The number of pyridine rings is 1. The lowest BCUT2D eigenvalue weighted by atomic mass is 9.90. The van der Waals surface area contributed by atoms with Gasteiger partial charge in [0.05, 0.1) is 18.4 Å². The molecule has 8 nitrogen and oxygen atoms in total. The number of piperidine rings is 1. The zero-order chi connectivity index (χ0) is 28.6. The second kappa shape index (κ2) is 10.9. The minimum Gasteiger partial charge on any atom is -0.444 e. The van der Waals surface area contributed by atoms with Crippen LogP contribution in [0.4, 0.5) is 13.6 Å². The average molecular weight is 549 g/mol. The largest absolute Gasteiger partial charge is 0.444 e. The maximum absolute atomic E-state index is 15.5. The lowest BCUT2D eigenvalue weighted by molar-refractivity contribution is 0.0184. The fourth-order valence-corrected chi connectivity index (χ4v) is 5.17. The van der Waals surface area contributed by atoms with Gasteiger partial charge in [-0.05, 0) is 77.5 Å². The quantitative estimate of drug-likeness (QED) is 0.303. The van der Waals surface area contributed by atoms with Gasteiger partial charge in [-0.15, -0.1) is 0 Å². The van der Waals surface area contributed by atoms with Crippen molar-refractivity contribution in [2.45, 2.75) is 66.0 Å². The smallest absolute Gasteiger partial charge is 0.410 e. The molecule has 0 saturated carbocycles. The van der Waals surface area contributed by atoms with E-state index in [1.807, 2.05) is 33.8 Å². The SMILES string of the molecule is Cc1nc(C)c2nc(-c3cncc(F)c3)n(Cc3ccc(CC4CCN(C(=O)OC(C)(C)C)CC4)cc3F)c2n1. The Hall–Kier alpha value is -3.95. The number of carbonyl (C=O) groups is 1. The highest BCUT2D eigenvalue weighted by Crippen LogP contribution is 2.28. The summed E-state index contributed by atoms with van der Waals surface area (Å²) in [4.78, 5) is 31.8. The summed E-state index contributed by atoms with van der Waals surface area (Å²) in [5, 5.41) is 0. The van der Waals surface area contributed by atoms with Gasteiger partial charge >= 0.3 is 6.09 Å². The second-order valence-corrected chi connectivity index (χ2v) is 11.5. The Labute approximate surface area is 232 Å². The van der Waals surface area contributed by atoms with Crippen LogP contribution in [0.5, 0.6) is 0 Å². The molecule has 210 valence electrons. The van der Waals surface area contributed by atoms with E-state index in [4.69, 9.17) is 9.72 Å². The van der Waals surface area contributed by atoms with Crippen LogP contribution < -0.4 is 0 Å². The number of carbonyl (C=O) groups excluding carboxylic acids is 1. The first-order valence-electron chi connectivity index (χ1n) is 13.5. The fraction of sp³-hybridized carbons (Fsp3) is 0.433. The number of aromatic nitrogens is 5. The molecule has 40 heavy (non-hydrogen) atoms. The first kappa shape index (κ1) is 27.6. The molecule has 0 radical (unpaired) electrons. The van der Waals surface area contributed by atoms with Crippen LogP contribution in [0.2, 0.25) is 0 Å². The van der Waals surface area contributed by atoms with Crippen molar-refractivity contribution in [1.29, 1.82) is 0 Å². The summed E-state index contributed by atoms with van der Waals surface area (Å²) in [5.41, 5.74) is 3.18. The van der Waals surface area contributed by atoms with Gasteiger partial charge in [0, 0.05) is 30.4 Å². The lowest BCUT2D eigenvalue weighted by Gasteiger charge is -2.33. The van der Waals surface area contributed by atoms with Gasteiger partial charge in [0.2, 0.25) is 0 Å². The Balaban J connectivity index is 1.34. The van der Waals surface area contributed by atoms with Crippen molar-refractivity contribution in [1.82, 2.24) is 29.4 Å². The number of amides is 1. The van der Waals surface area contributed by atoms with Crippen molar-refractivity contribution >= 4 is 17.3 Å². The normalized spacial score (nSPS) is 14.6. The van der Waals surface area contributed by atoms with E-state index < -0.39 is 11.4 Å². The third-order valence-corrected chi connectivity index (χ3v) is 7.08. The molecule has 3 aromatic heterocycles. The molecule has 0 aliphatic carbocycles. The van der Waals surface area contributed by atoms with E-state index in [-0.39, 0.29) is 18.5 Å². The van der Waals surface area contributed by atoms with E-state index in [2.05, 4.69) is 15.0 Å². The maximum atomic E-state index is 15.5. The van der Waals surface area contributed by atoms with Crippen molar-refractivity contribution in [3.63, 3.8) is 0 Å². The second-order valence-electron chi connectivity index (χ2n) is 11.5. The van der Waals surface area contributed by atoms with Crippen molar-refractivity contribution in [2.24, 2.45) is 5.92 Å². The Kier molecular flexibility index (Phi) is 7.53. The zero-order valence-corrected chi connectivity index (χ0v) is 23.5. The van der Waals surface area contributed by atoms with Crippen LogP contribution in [0.1, 0.15) is 56.3 Å². The zero-order valence-electron chi connectivity index (χ0n) is 23.5. The molecular weight excluding hydrogens is 514 g/mol. The Bertz CT molecular complexity index is 1550. The molecule has 1 amide bonds. The molecular formula is C30H34F2N6O2. The molecule has 0 N–H and O–H groups in total. The number of halogens is 2. The van der Waals surface area contributed by atoms with Crippen LogP contribution in [0.15, 0.2) is 36.7 Å². The van der Waals surface area contributed by atoms with Crippen LogP contribution in [0.3, 0.4) is 0 Å². The summed E-state index contributed by atoms with van der Waals surface area (Å²) in [7, 11) is 0. The van der Waals surface area contributed by atoms with Crippen molar-refractivity contribution in [3.8, 4) is 11.4 Å². The Morgan fingerprint density at radius 2 is 1.80 bits per heavy atom. The summed E-state index contributed by atoms with van der Waals surface area (Å²) >= 11 is 0. The fourth-order valence-electron chi connectivity index (χ4n) is 5.17. The van der Waals surface area contributed by atoms with Gasteiger partial charge in [-0.3, -0.25) is 4.98 Å². The third kappa shape index (κ3) is 6.11. The molecule has 1 saturated heterocycles. The predicted molar refractivity (Wildman–Crippen MR) is 148 cm³/mol. The van der Waals surface area contributed by atoms with Gasteiger partial charge in [0.25, 0.3) is 0 Å². The maximum Gasteiger partial charge on any atom is 0.410 e. The molecule has 0 bridgehead atoms. The lowest BCUT2D eigenvalue weighted by Crippen LogP contribution is -2.42. The third-order valence-electron chi connectivity index (χ3n) is 7.08. The molecule has 1 fully saturated rings. The van der Waals surface area contributed by atoms with E-state index in [9.17, 15) is 9.18 Å². The van der Waals surface area contributed by atoms with Gasteiger partial charge in [0.1, 0.15) is 34.4 Å². The van der Waals surface area contributed by atoms with Crippen LogP contribution >= 0.6 is 0 Å². The minimum atomic E-state index is -0.518. The highest BCUT2D eigenvalue weighted by Gasteiger charge is 2.27. The molecule has 4 heterocycles. The average Bonchev–Trinajstić information content (AvgIpc) is 3.23. The Morgan fingerprint density at radius 1 is 1.05 bits per heavy atom. The number of aryl methyl sites for hydroxylation is 2. The van der Waals surface area contributed by atoms with E-state index in [1.165, 1.54) is 12.3 Å². The van der Waals surface area contributed by atoms with E-state index in [0.717, 1.165) is 31.0 Å². The number of ether oxygens (including phenoxy) is 1. The molecule has 4 aromatic rings. The highest BCUT2D eigenvalue weighted by molar-refractivity contribution is 5.79. The van der Waals surface area contributed by atoms with Crippen molar-refractivity contribution < 1.29 is 18.3 Å². The number of benzene rings is 1. The molecule has 10 heteroatoms. The predicted octanol–water partition coefficient (Wildman–Crippen LogP) is 6.02. The molecule has 5 rings (SSSR count). The summed E-state index contributed by atoms with van der Waals surface area (Å²) in [6.07, 6.45) is 4.80. The van der Waals surface area contributed by atoms with Gasteiger partial charge in [-0.1, -0.05) is 12.1 Å². The number of imidazole rings is 1. The van der Waals surface area contributed by atoms with Gasteiger partial charge in [0.15, 0.2) is 5.65 Å². The standard InChI is InChI=1S/C30H34F2N6O2/c1-18-26-28(35-19(2)34-18)38(27(36-26)23-14-24(31)16-33-15-23)17-22-7-6-21(13-25(22)32)12-20-8-10-37(11-9-20)29(39)40-30(3,4)5/h6-7,13-16,20H,8-12,17H2,1-5H3. The first-order chi connectivity index (χ1) is 19.0. The summed E-state index contributed by atoms with van der Waals surface area (Å²) in [5.74, 6) is 0.573. The van der Waals surface area contributed by atoms with E-state index in [1.54, 1.807) is 28.5 Å². The number of nitrogens with zero attached hydrogens (tertiary/aromatic N) is 6. The number of fused-ring (bicyclic) bond motifs is 1. The molecule has 0 spiro atoms. The first-order valence-corrected chi connectivity index (χ1v) is 13.5. The van der Waals surface area contributed by atoms with Crippen LogP contribution in [0.25, 0.3) is 22.6 Å². The molecule has 0 unspecified atom stereocenters. The van der Waals surface area contributed by atoms with Crippen molar-refractivity contribution in [3.05, 3.63) is 70.9 Å². The summed E-state index contributed by atoms with van der Waals surface area (Å²) in [6.45, 7) is 10.6. The molecule has 1 aliphatic rings. The number of hydrogen-bond acceptors (Lipinski definition) is 6. The van der Waals surface area contributed by atoms with Gasteiger partial charge in [-0.25, -0.2) is 28.5 Å². The molecule has 0 atom stereocenters. The summed E-state index contributed by atoms with van der Waals surface area (Å²) in [6, 6.07) is 6.69. The summed E-state index contributed by atoms with van der Waals surface area (Å²) < 4.78 is 36.8. The van der Waals surface area contributed by atoms with Crippen LogP contribution in [-0.4, -0.2) is 54.2 Å². The Morgan fingerprint density at radius 3 is 2.48 bits per heavy atom. The highest BCUT2D eigenvalue weighted by atomic mass is 19.1. The van der Waals surface area contributed by atoms with E-state index in [0.29, 0.717) is 58.6 Å². The number of hydrogen-bond donors (Lipinski definition) is 0. The topological polar surface area (TPSA) is 86.0 Å². The molecule has 1 aliphatic heterocycles. The minimum absolute atomic E-state index is 0.165. The van der Waals surface area contributed by atoms with E-state index >= 15 is 4.39 Å². The van der Waals surface area contributed by atoms with Crippen LogP contribution in [0, 0.1) is 31.4 Å².